The summed E-state index contributed by atoms with van der Waals surface area (Å²) in [5, 5.41) is 2.48. The first-order valence-electron chi connectivity index (χ1n) is 15.4. The molecule has 0 unspecified atom stereocenters. The summed E-state index contributed by atoms with van der Waals surface area (Å²) in [4.78, 5) is 24.9. The van der Waals surface area contributed by atoms with Crippen LogP contribution in [0.2, 0.25) is 0 Å². The Labute approximate surface area is 271 Å². The zero-order valence-corrected chi connectivity index (χ0v) is 27.6. The molecule has 248 valence electrons. The fourth-order valence-electron chi connectivity index (χ4n) is 4.90. The van der Waals surface area contributed by atoms with Gasteiger partial charge in [-0.25, -0.2) is 14.0 Å². The molecule has 0 fully saturated rings. The van der Waals surface area contributed by atoms with E-state index in [1.165, 1.54) is 25.3 Å². The lowest BCUT2D eigenvalue weighted by atomic mass is 9.86. The van der Waals surface area contributed by atoms with E-state index in [1.807, 2.05) is 49.4 Å². The standard InChI is InChI=1S/C37H46FNO7/c1-26(45-25-29-14-19-31(42-5)20-15-29)32(24-28-12-17-30(38)18-13-28)34(21-16-27-10-8-7-9-11-27)44-23-22-33(35(40)43-6)39-36(41)46-37(2,3)4/h7-15,17-20,22,26,32,34H,16,21,23-25H2,1-6H3,(H,39,41)/t26-,32-,34+/m0/s1. The molecule has 0 radical (unpaired) electrons. The van der Waals surface area contributed by atoms with Gasteiger partial charge in [0.2, 0.25) is 0 Å². The summed E-state index contributed by atoms with van der Waals surface area (Å²) in [7, 11) is 2.86. The van der Waals surface area contributed by atoms with Crippen molar-refractivity contribution >= 4 is 12.1 Å². The quantitative estimate of drug-likeness (QED) is 0.132. The number of ether oxygens (including phenoxy) is 5. The second-order valence-electron chi connectivity index (χ2n) is 12.0. The van der Waals surface area contributed by atoms with Crippen LogP contribution in [0.1, 0.15) is 50.8 Å². The van der Waals surface area contributed by atoms with E-state index in [1.54, 1.807) is 40.0 Å². The van der Waals surface area contributed by atoms with Gasteiger partial charge in [-0.3, -0.25) is 5.32 Å². The first-order valence-corrected chi connectivity index (χ1v) is 15.4. The fourth-order valence-corrected chi connectivity index (χ4v) is 4.90. The molecule has 0 aromatic heterocycles. The lowest BCUT2D eigenvalue weighted by Crippen LogP contribution is -2.37. The zero-order chi connectivity index (χ0) is 33.5. The molecule has 0 heterocycles. The highest BCUT2D eigenvalue weighted by Crippen LogP contribution is 2.26. The van der Waals surface area contributed by atoms with Crippen LogP contribution in [0.5, 0.6) is 5.75 Å². The second kappa shape index (κ2) is 18.1. The Morgan fingerprint density at radius 2 is 1.52 bits per heavy atom. The van der Waals surface area contributed by atoms with Crippen molar-refractivity contribution in [2.75, 3.05) is 20.8 Å². The predicted octanol–water partition coefficient (Wildman–Crippen LogP) is 7.20. The summed E-state index contributed by atoms with van der Waals surface area (Å²) in [5.41, 5.74) is 2.25. The lowest BCUT2D eigenvalue weighted by molar-refractivity contribution is -0.136. The van der Waals surface area contributed by atoms with Crippen molar-refractivity contribution in [1.29, 1.82) is 0 Å². The van der Waals surface area contributed by atoms with Crippen molar-refractivity contribution in [2.24, 2.45) is 5.92 Å². The number of methoxy groups -OCH3 is 2. The van der Waals surface area contributed by atoms with Crippen LogP contribution in [-0.4, -0.2) is 50.7 Å². The minimum atomic E-state index is -0.778. The highest BCUT2D eigenvalue weighted by atomic mass is 19.1. The van der Waals surface area contributed by atoms with Crippen molar-refractivity contribution in [1.82, 2.24) is 5.32 Å². The number of nitrogens with one attached hydrogen (secondary N) is 1. The Balaban J connectivity index is 1.87. The minimum Gasteiger partial charge on any atom is -0.497 e. The SMILES string of the molecule is COC(=O)C(=CCO[C@H](CCc1ccccc1)[C@@H](Cc1ccc(F)cc1)[C@H](C)OCc1ccc(OC)cc1)NC(=O)OC(C)(C)C. The molecule has 3 aromatic rings. The van der Waals surface area contributed by atoms with E-state index in [-0.39, 0.29) is 36.2 Å². The Morgan fingerprint density at radius 3 is 2.13 bits per heavy atom. The average molecular weight is 636 g/mol. The van der Waals surface area contributed by atoms with Gasteiger partial charge < -0.3 is 23.7 Å². The number of carbonyl (C=O) groups excluding carboxylic acids is 2. The fraction of sp³-hybridized carbons (Fsp3) is 0.405. The van der Waals surface area contributed by atoms with Crippen molar-refractivity contribution in [3.05, 3.63) is 113 Å². The number of amides is 1. The van der Waals surface area contributed by atoms with Crippen LogP contribution in [-0.2, 0) is 43.2 Å². The van der Waals surface area contributed by atoms with Crippen molar-refractivity contribution < 1.29 is 37.7 Å². The number of alkyl carbamates (subject to hydrolysis) is 1. The minimum absolute atomic E-state index is 0.00477. The van der Waals surface area contributed by atoms with Crippen molar-refractivity contribution in [2.45, 2.75) is 71.4 Å². The van der Waals surface area contributed by atoms with Gasteiger partial charge in [0.15, 0.2) is 0 Å². The molecule has 0 spiro atoms. The largest absolute Gasteiger partial charge is 0.497 e. The number of esters is 1. The van der Waals surface area contributed by atoms with E-state index in [2.05, 4.69) is 17.4 Å². The number of rotatable bonds is 16. The maximum atomic E-state index is 13.8. The van der Waals surface area contributed by atoms with Gasteiger partial charge in [-0.2, -0.15) is 0 Å². The van der Waals surface area contributed by atoms with Gasteiger partial charge in [0.25, 0.3) is 0 Å². The van der Waals surface area contributed by atoms with Gasteiger partial charge in [-0.05, 0) is 94.0 Å². The van der Waals surface area contributed by atoms with Crippen molar-refractivity contribution in [3.8, 4) is 5.75 Å². The maximum Gasteiger partial charge on any atom is 0.412 e. The topological polar surface area (TPSA) is 92.3 Å². The second-order valence-corrected chi connectivity index (χ2v) is 12.0. The van der Waals surface area contributed by atoms with E-state index in [9.17, 15) is 14.0 Å². The molecule has 3 atom stereocenters. The van der Waals surface area contributed by atoms with E-state index >= 15 is 0 Å². The Kier molecular flexibility index (Phi) is 14.2. The smallest absolute Gasteiger partial charge is 0.412 e. The van der Waals surface area contributed by atoms with Crippen LogP contribution in [0.3, 0.4) is 0 Å². The summed E-state index contributed by atoms with van der Waals surface area (Å²) in [6.45, 7) is 7.58. The first-order chi connectivity index (χ1) is 22.0. The number of hydrogen-bond acceptors (Lipinski definition) is 7. The molecule has 0 aliphatic rings. The van der Waals surface area contributed by atoms with Gasteiger partial charge in [0.1, 0.15) is 22.9 Å². The van der Waals surface area contributed by atoms with Crippen LogP contribution >= 0.6 is 0 Å². The van der Waals surface area contributed by atoms with Crippen LogP contribution in [0.4, 0.5) is 9.18 Å². The molecule has 1 amide bonds. The van der Waals surface area contributed by atoms with Crippen LogP contribution in [0, 0.1) is 11.7 Å². The summed E-state index contributed by atoms with van der Waals surface area (Å²) in [6, 6.07) is 24.2. The molecule has 1 N–H and O–H groups in total. The molecule has 0 saturated carbocycles. The van der Waals surface area contributed by atoms with Crippen LogP contribution in [0.15, 0.2) is 90.6 Å². The van der Waals surface area contributed by atoms with Gasteiger partial charge in [0, 0.05) is 5.92 Å². The highest BCUT2D eigenvalue weighted by Gasteiger charge is 2.29. The van der Waals surface area contributed by atoms with E-state index < -0.39 is 17.7 Å². The molecule has 8 nitrogen and oxygen atoms in total. The molecule has 0 aliphatic heterocycles. The van der Waals surface area contributed by atoms with Crippen LogP contribution < -0.4 is 10.1 Å². The molecule has 3 rings (SSSR count). The van der Waals surface area contributed by atoms with E-state index in [0.717, 1.165) is 28.9 Å². The Hall–Kier alpha value is -4.21. The molecule has 0 aliphatic carbocycles. The number of halogens is 1. The third-order valence-corrected chi connectivity index (χ3v) is 7.34. The highest BCUT2D eigenvalue weighted by molar-refractivity contribution is 5.92. The maximum absolute atomic E-state index is 13.8. The molecular formula is C37H46FNO7. The Bertz CT molecular complexity index is 1390. The normalized spacial score (nSPS) is 13.8. The number of hydrogen-bond donors (Lipinski definition) is 1. The molecule has 3 aromatic carbocycles. The molecular weight excluding hydrogens is 589 g/mol. The lowest BCUT2D eigenvalue weighted by Gasteiger charge is -2.32. The Morgan fingerprint density at radius 1 is 0.870 bits per heavy atom. The van der Waals surface area contributed by atoms with Crippen LogP contribution in [0.25, 0.3) is 0 Å². The van der Waals surface area contributed by atoms with E-state index in [0.29, 0.717) is 19.4 Å². The third kappa shape index (κ3) is 12.7. The molecule has 46 heavy (non-hydrogen) atoms. The summed E-state index contributed by atoms with van der Waals surface area (Å²) in [5.74, 6) is -0.421. The number of carbonyl (C=O) groups is 2. The number of aryl methyl sites for hydroxylation is 1. The summed E-state index contributed by atoms with van der Waals surface area (Å²) >= 11 is 0. The first kappa shape index (κ1) is 36.3. The molecule has 9 heteroatoms. The molecule has 0 saturated heterocycles. The number of benzene rings is 3. The van der Waals surface area contributed by atoms with Crippen molar-refractivity contribution in [3.63, 3.8) is 0 Å². The zero-order valence-electron chi connectivity index (χ0n) is 27.6. The van der Waals surface area contributed by atoms with Gasteiger partial charge in [-0.1, -0.05) is 54.6 Å². The van der Waals surface area contributed by atoms with Gasteiger partial charge >= 0.3 is 12.1 Å². The van der Waals surface area contributed by atoms with E-state index in [4.69, 9.17) is 23.7 Å². The average Bonchev–Trinajstić information content (AvgIpc) is 3.04. The van der Waals surface area contributed by atoms with Gasteiger partial charge in [-0.15, -0.1) is 0 Å². The predicted molar refractivity (Wildman–Crippen MR) is 175 cm³/mol. The summed E-state index contributed by atoms with van der Waals surface area (Å²) < 4.78 is 42.2. The van der Waals surface area contributed by atoms with Gasteiger partial charge in [0.05, 0.1) is 39.6 Å². The monoisotopic (exact) mass is 635 g/mol. The third-order valence-electron chi connectivity index (χ3n) is 7.34. The summed E-state index contributed by atoms with van der Waals surface area (Å²) in [6.07, 6.45) is 2.04. The molecule has 0 bridgehead atoms.